The number of ether oxygens (including phenoxy) is 1. The minimum absolute atomic E-state index is 0.0820. The van der Waals surface area contributed by atoms with E-state index in [1.807, 2.05) is 67.8 Å². The van der Waals surface area contributed by atoms with Crippen LogP contribution >= 0.6 is 11.8 Å². The highest BCUT2D eigenvalue weighted by Gasteiger charge is 2.15. The molecule has 186 valence electrons. The molecule has 0 fully saturated rings. The molecule has 0 bridgehead atoms. The Morgan fingerprint density at radius 1 is 1.03 bits per heavy atom. The minimum Gasteiger partial charge on any atom is -0.484 e. The number of aryl methyl sites for hydroxylation is 2. The number of benzene rings is 2. The normalized spacial score (nSPS) is 10.9. The number of hydrogen-bond acceptors (Lipinski definition) is 6. The molecule has 0 aliphatic rings. The zero-order chi connectivity index (χ0) is 25.4. The van der Waals surface area contributed by atoms with E-state index < -0.39 is 0 Å². The molecule has 3 rings (SSSR count). The predicted octanol–water partition coefficient (Wildman–Crippen LogP) is 4.46. The second kappa shape index (κ2) is 12.4. The maximum absolute atomic E-state index is 12.5. The summed E-state index contributed by atoms with van der Waals surface area (Å²) in [5, 5.41) is 14.8. The summed E-state index contributed by atoms with van der Waals surface area (Å²) in [4.78, 5) is 24.8. The van der Waals surface area contributed by atoms with E-state index in [0.29, 0.717) is 29.2 Å². The molecule has 0 saturated heterocycles. The van der Waals surface area contributed by atoms with Crippen molar-refractivity contribution in [2.45, 2.75) is 58.8 Å². The van der Waals surface area contributed by atoms with Crippen LogP contribution in [0.2, 0.25) is 0 Å². The summed E-state index contributed by atoms with van der Waals surface area (Å²) in [5.41, 5.74) is 4.11. The van der Waals surface area contributed by atoms with Gasteiger partial charge in [-0.05, 0) is 55.5 Å². The summed E-state index contributed by atoms with van der Waals surface area (Å²) in [6.45, 7) is 10.9. The lowest BCUT2D eigenvalue weighted by Crippen LogP contribution is -2.29. The summed E-state index contributed by atoms with van der Waals surface area (Å²) < 4.78 is 7.47. The molecule has 2 amide bonds. The maximum Gasteiger partial charge on any atom is 0.258 e. The minimum atomic E-state index is -0.245. The molecule has 0 aliphatic carbocycles. The lowest BCUT2D eigenvalue weighted by Gasteiger charge is -2.12. The van der Waals surface area contributed by atoms with Gasteiger partial charge >= 0.3 is 0 Å². The number of nitrogens with one attached hydrogen (secondary N) is 2. The Morgan fingerprint density at radius 3 is 2.34 bits per heavy atom. The van der Waals surface area contributed by atoms with Gasteiger partial charge in [-0.2, -0.15) is 0 Å². The summed E-state index contributed by atoms with van der Waals surface area (Å²) in [6, 6.07) is 13.7. The van der Waals surface area contributed by atoms with Crippen LogP contribution in [0.3, 0.4) is 0 Å². The molecular formula is C26H33N5O3S. The number of nitrogens with zero attached hydrogens (tertiary/aromatic N) is 3. The number of anilines is 1. The van der Waals surface area contributed by atoms with Crippen molar-refractivity contribution >= 4 is 29.3 Å². The smallest absolute Gasteiger partial charge is 0.258 e. The molecule has 0 radical (unpaired) electrons. The third kappa shape index (κ3) is 7.32. The Hall–Kier alpha value is -3.33. The molecule has 0 unspecified atom stereocenters. The average molecular weight is 496 g/mol. The van der Waals surface area contributed by atoms with Crippen LogP contribution in [0.5, 0.6) is 5.75 Å². The van der Waals surface area contributed by atoms with Gasteiger partial charge in [0.2, 0.25) is 5.91 Å². The van der Waals surface area contributed by atoms with E-state index in [0.717, 1.165) is 16.8 Å². The second-order valence-electron chi connectivity index (χ2n) is 8.54. The lowest BCUT2D eigenvalue weighted by molar-refractivity contribution is -0.123. The van der Waals surface area contributed by atoms with Gasteiger partial charge in [0, 0.05) is 12.2 Å². The molecule has 0 atom stereocenters. The maximum atomic E-state index is 12.5. The topological polar surface area (TPSA) is 98.1 Å². The van der Waals surface area contributed by atoms with E-state index in [4.69, 9.17) is 4.74 Å². The van der Waals surface area contributed by atoms with Gasteiger partial charge in [-0.3, -0.25) is 9.59 Å². The van der Waals surface area contributed by atoms with Crippen LogP contribution in [0, 0.1) is 13.8 Å². The predicted molar refractivity (Wildman–Crippen MR) is 139 cm³/mol. The van der Waals surface area contributed by atoms with E-state index in [1.165, 1.54) is 17.3 Å². The molecule has 1 aromatic heterocycles. The molecule has 0 aliphatic heterocycles. The zero-order valence-corrected chi connectivity index (χ0v) is 21.7. The van der Waals surface area contributed by atoms with E-state index >= 15 is 0 Å². The highest BCUT2D eigenvalue weighted by atomic mass is 32.2. The molecule has 2 aromatic carbocycles. The first kappa shape index (κ1) is 26.3. The molecule has 0 spiro atoms. The van der Waals surface area contributed by atoms with E-state index in [9.17, 15) is 9.59 Å². The van der Waals surface area contributed by atoms with Crippen LogP contribution in [-0.4, -0.2) is 38.9 Å². The molecule has 8 nitrogen and oxygen atoms in total. The van der Waals surface area contributed by atoms with Crippen molar-refractivity contribution in [3.63, 3.8) is 0 Å². The van der Waals surface area contributed by atoms with Crippen molar-refractivity contribution in [3.8, 4) is 5.75 Å². The highest BCUT2D eigenvalue weighted by molar-refractivity contribution is 7.99. The van der Waals surface area contributed by atoms with Crippen molar-refractivity contribution in [2.24, 2.45) is 0 Å². The lowest BCUT2D eigenvalue weighted by atomic mass is 10.0. The molecule has 3 aromatic rings. The van der Waals surface area contributed by atoms with Gasteiger partial charge in [0.1, 0.15) is 5.75 Å². The Bertz CT molecular complexity index is 1140. The Labute approximate surface area is 210 Å². The first-order chi connectivity index (χ1) is 16.8. The summed E-state index contributed by atoms with van der Waals surface area (Å²) in [7, 11) is 0. The van der Waals surface area contributed by atoms with E-state index in [2.05, 4.69) is 34.7 Å². The third-order valence-corrected chi connectivity index (χ3v) is 6.51. The SMILES string of the molecule is CCn1c(CNC(=O)COc2ccc(C(C)C)cc2)nnc1SCC(=O)Nc1c(C)cccc1C. The first-order valence-electron chi connectivity index (χ1n) is 11.7. The van der Waals surface area contributed by atoms with Crippen molar-refractivity contribution < 1.29 is 14.3 Å². The number of amides is 2. The van der Waals surface area contributed by atoms with Crippen molar-refractivity contribution in [3.05, 3.63) is 65.0 Å². The molecule has 9 heteroatoms. The van der Waals surface area contributed by atoms with Crippen LogP contribution in [0.25, 0.3) is 0 Å². The van der Waals surface area contributed by atoms with E-state index in [-0.39, 0.29) is 30.7 Å². The zero-order valence-electron chi connectivity index (χ0n) is 20.9. The van der Waals surface area contributed by atoms with Crippen molar-refractivity contribution in [2.75, 3.05) is 17.7 Å². The number of carbonyl (C=O) groups excluding carboxylic acids is 2. The number of carbonyl (C=O) groups is 2. The van der Waals surface area contributed by atoms with E-state index in [1.54, 1.807) is 0 Å². The van der Waals surface area contributed by atoms with Gasteiger partial charge in [-0.15, -0.1) is 10.2 Å². The Morgan fingerprint density at radius 2 is 1.71 bits per heavy atom. The third-order valence-electron chi connectivity index (χ3n) is 5.55. The fourth-order valence-electron chi connectivity index (χ4n) is 3.52. The van der Waals surface area contributed by atoms with Crippen LogP contribution in [0.15, 0.2) is 47.6 Å². The number of rotatable bonds is 11. The van der Waals surface area contributed by atoms with Crippen molar-refractivity contribution in [1.82, 2.24) is 20.1 Å². The van der Waals surface area contributed by atoms with Gasteiger partial charge in [0.25, 0.3) is 5.91 Å². The summed E-state index contributed by atoms with van der Waals surface area (Å²) in [5.74, 6) is 1.58. The Balaban J connectivity index is 1.49. The number of para-hydroxylation sites is 1. The fourth-order valence-corrected chi connectivity index (χ4v) is 4.34. The molecule has 2 N–H and O–H groups in total. The summed E-state index contributed by atoms with van der Waals surface area (Å²) >= 11 is 1.32. The van der Waals surface area contributed by atoms with Gasteiger partial charge in [0.05, 0.1) is 12.3 Å². The van der Waals surface area contributed by atoms with Crippen LogP contribution in [0.4, 0.5) is 5.69 Å². The summed E-state index contributed by atoms with van der Waals surface area (Å²) in [6.07, 6.45) is 0. The number of aromatic nitrogens is 3. The van der Waals surface area contributed by atoms with Gasteiger partial charge in [-0.1, -0.05) is 55.9 Å². The monoisotopic (exact) mass is 495 g/mol. The van der Waals surface area contributed by atoms with Crippen molar-refractivity contribution in [1.29, 1.82) is 0 Å². The molecule has 1 heterocycles. The molecular weight excluding hydrogens is 462 g/mol. The van der Waals surface area contributed by atoms with Gasteiger partial charge in [0.15, 0.2) is 17.6 Å². The number of hydrogen-bond donors (Lipinski definition) is 2. The van der Waals surface area contributed by atoms with Crippen LogP contribution in [-0.2, 0) is 22.7 Å². The Kier molecular flexibility index (Phi) is 9.31. The second-order valence-corrected chi connectivity index (χ2v) is 9.48. The number of thioether (sulfide) groups is 1. The van der Waals surface area contributed by atoms with Gasteiger partial charge < -0.3 is 19.9 Å². The molecule has 0 saturated carbocycles. The van der Waals surface area contributed by atoms with Gasteiger partial charge in [-0.25, -0.2) is 0 Å². The average Bonchev–Trinajstić information content (AvgIpc) is 3.24. The quantitative estimate of drug-likeness (QED) is 0.381. The fraction of sp³-hybridized carbons (Fsp3) is 0.385. The largest absolute Gasteiger partial charge is 0.484 e. The first-order valence-corrected chi connectivity index (χ1v) is 12.7. The standard InChI is InChI=1S/C26H33N5O3S/c1-6-31-22(14-27-23(32)15-34-21-12-10-20(11-13-21)17(2)3)29-30-26(31)35-16-24(33)28-25-18(4)8-7-9-19(25)5/h7-13,17H,6,14-16H2,1-5H3,(H,27,32)(H,28,33). The van der Waals surface area contributed by atoms with Crippen LogP contribution < -0.4 is 15.4 Å². The highest BCUT2D eigenvalue weighted by Crippen LogP contribution is 2.22. The van der Waals surface area contributed by atoms with Crippen LogP contribution in [0.1, 0.15) is 49.2 Å². The molecule has 35 heavy (non-hydrogen) atoms.